The molecule has 28 heavy (non-hydrogen) atoms. The number of rotatable bonds is 13. The minimum Gasteiger partial charge on any atom is -0.396 e. The third-order valence-electron chi connectivity index (χ3n) is 5.07. The molecule has 1 fully saturated rings. The fourth-order valence-electron chi connectivity index (χ4n) is 3.31. The largest absolute Gasteiger partial charge is 0.396 e. The Kier molecular flexibility index (Phi) is 11.5. The lowest BCUT2D eigenvalue weighted by Gasteiger charge is -2.22. The maximum Gasteiger partial charge on any atom is 0.0915 e. The van der Waals surface area contributed by atoms with Gasteiger partial charge in [-0.1, -0.05) is 36.0 Å². The highest BCUT2D eigenvalue weighted by molar-refractivity contribution is 6.38. The van der Waals surface area contributed by atoms with Gasteiger partial charge in [-0.15, -0.1) is 0 Å². The lowest BCUT2D eigenvalue weighted by atomic mass is 10.1. The van der Waals surface area contributed by atoms with Gasteiger partial charge >= 0.3 is 0 Å². The van der Waals surface area contributed by atoms with Crippen molar-refractivity contribution in [3.63, 3.8) is 0 Å². The number of hydrogen-bond acceptors (Lipinski definition) is 5. The summed E-state index contributed by atoms with van der Waals surface area (Å²) in [6, 6.07) is 3.32. The van der Waals surface area contributed by atoms with Gasteiger partial charge in [0.15, 0.2) is 0 Å². The molecule has 160 valence electrons. The maximum absolute atomic E-state index is 10.2. The van der Waals surface area contributed by atoms with E-state index < -0.39 is 6.10 Å². The van der Waals surface area contributed by atoms with Crippen LogP contribution in [-0.4, -0.2) is 44.1 Å². The van der Waals surface area contributed by atoms with Crippen molar-refractivity contribution in [2.45, 2.75) is 63.6 Å². The average Bonchev–Trinajstić information content (AvgIpc) is 2.70. The molecule has 0 amide bonds. The Hall–Kier alpha value is -0.560. The van der Waals surface area contributed by atoms with Crippen LogP contribution in [0.5, 0.6) is 0 Å². The molecule has 7 heteroatoms. The van der Waals surface area contributed by atoms with Crippen LogP contribution in [-0.2, 0) is 9.47 Å². The van der Waals surface area contributed by atoms with Gasteiger partial charge in [-0.25, -0.2) is 0 Å². The van der Waals surface area contributed by atoms with Crippen LogP contribution in [0.3, 0.4) is 0 Å². The Balaban J connectivity index is 1.42. The van der Waals surface area contributed by atoms with Gasteiger partial charge in [-0.05, 0) is 62.8 Å². The zero-order chi connectivity index (χ0) is 20.2. The minimum atomic E-state index is -0.655. The van der Waals surface area contributed by atoms with E-state index in [1.54, 1.807) is 12.1 Å². The van der Waals surface area contributed by atoms with Crippen molar-refractivity contribution in [3.05, 3.63) is 27.7 Å². The number of hydrogen-bond donors (Lipinski definition) is 3. The van der Waals surface area contributed by atoms with Crippen LogP contribution in [0.4, 0.5) is 5.69 Å². The molecule has 4 N–H and O–H groups in total. The Bertz CT molecular complexity index is 546. The van der Waals surface area contributed by atoms with E-state index in [4.69, 9.17) is 38.4 Å². The molecular weight excluding hydrogens is 399 g/mol. The number of aliphatic hydroxyl groups excluding tert-OH is 1. The van der Waals surface area contributed by atoms with Crippen molar-refractivity contribution in [3.8, 4) is 0 Å². The number of nitrogens with one attached hydrogen (secondary N) is 1. The summed E-state index contributed by atoms with van der Waals surface area (Å²) >= 11 is 12.0. The van der Waals surface area contributed by atoms with Gasteiger partial charge in [-0.2, -0.15) is 0 Å². The summed E-state index contributed by atoms with van der Waals surface area (Å²) in [5.74, 6) is 0. The molecule has 1 aliphatic heterocycles. The highest BCUT2D eigenvalue weighted by atomic mass is 35.5. The number of benzene rings is 1. The quantitative estimate of drug-likeness (QED) is 0.310. The van der Waals surface area contributed by atoms with Gasteiger partial charge in [-0.3, -0.25) is 0 Å². The first-order valence-electron chi connectivity index (χ1n) is 10.4. The van der Waals surface area contributed by atoms with Crippen LogP contribution in [0.25, 0.3) is 0 Å². The van der Waals surface area contributed by atoms with Crippen molar-refractivity contribution in [2.75, 3.05) is 38.6 Å². The van der Waals surface area contributed by atoms with Crippen molar-refractivity contribution in [1.29, 1.82) is 0 Å². The molecule has 0 spiro atoms. The fraction of sp³-hybridized carbons (Fsp3) is 0.714. The average molecular weight is 433 g/mol. The van der Waals surface area contributed by atoms with Gasteiger partial charge in [0.1, 0.15) is 0 Å². The van der Waals surface area contributed by atoms with Gasteiger partial charge in [0.05, 0.1) is 27.9 Å². The van der Waals surface area contributed by atoms with Gasteiger partial charge in [0.25, 0.3) is 0 Å². The first-order valence-corrected chi connectivity index (χ1v) is 11.2. The highest BCUT2D eigenvalue weighted by Gasteiger charge is 2.13. The Morgan fingerprint density at radius 3 is 2.61 bits per heavy atom. The SMILES string of the molecule is Nc1c(Cl)cc(C(O)CNCCCCCCOCCC2CCCCO2)cc1Cl. The van der Waals surface area contributed by atoms with E-state index in [9.17, 15) is 5.11 Å². The zero-order valence-electron chi connectivity index (χ0n) is 16.6. The van der Waals surface area contributed by atoms with E-state index in [-0.39, 0.29) is 0 Å². The Morgan fingerprint density at radius 1 is 1.14 bits per heavy atom. The molecule has 0 saturated carbocycles. The second-order valence-corrected chi connectivity index (χ2v) is 8.24. The van der Waals surface area contributed by atoms with Gasteiger partial charge < -0.3 is 25.6 Å². The second kappa shape index (κ2) is 13.6. The number of aliphatic hydroxyl groups is 1. The summed E-state index contributed by atoms with van der Waals surface area (Å²) in [7, 11) is 0. The number of halogens is 2. The molecule has 0 aliphatic carbocycles. The van der Waals surface area contributed by atoms with Crippen molar-refractivity contribution >= 4 is 28.9 Å². The molecule has 1 aromatic carbocycles. The smallest absolute Gasteiger partial charge is 0.0915 e. The Morgan fingerprint density at radius 2 is 1.89 bits per heavy atom. The number of anilines is 1. The molecule has 5 nitrogen and oxygen atoms in total. The molecule has 1 saturated heterocycles. The van der Waals surface area contributed by atoms with Crippen molar-refractivity contribution < 1.29 is 14.6 Å². The molecule has 1 heterocycles. The molecular formula is C21H34Cl2N2O3. The molecule has 2 unspecified atom stereocenters. The van der Waals surface area contributed by atoms with E-state index in [0.717, 1.165) is 58.5 Å². The molecule has 2 atom stereocenters. The normalized spacial score (nSPS) is 18.3. The zero-order valence-corrected chi connectivity index (χ0v) is 18.1. The molecule has 1 aromatic rings. The fourth-order valence-corrected chi connectivity index (χ4v) is 3.82. The van der Waals surface area contributed by atoms with Crippen LogP contribution >= 0.6 is 23.2 Å². The third kappa shape index (κ3) is 8.85. The molecule has 0 bridgehead atoms. The molecule has 0 radical (unpaired) electrons. The van der Waals surface area contributed by atoms with E-state index in [1.165, 1.54) is 19.3 Å². The number of nitrogens with two attached hydrogens (primary N) is 1. The topological polar surface area (TPSA) is 76.7 Å². The van der Waals surface area contributed by atoms with Crippen LogP contribution in [0.15, 0.2) is 12.1 Å². The first kappa shape index (κ1) is 23.7. The van der Waals surface area contributed by atoms with Crippen LogP contribution in [0.1, 0.15) is 63.0 Å². The van der Waals surface area contributed by atoms with Crippen LogP contribution in [0, 0.1) is 0 Å². The summed E-state index contributed by atoms with van der Waals surface area (Å²) in [4.78, 5) is 0. The highest BCUT2D eigenvalue weighted by Crippen LogP contribution is 2.31. The lowest BCUT2D eigenvalue weighted by molar-refractivity contribution is -0.00783. The first-order chi connectivity index (χ1) is 13.6. The minimum absolute atomic E-state index is 0.346. The summed E-state index contributed by atoms with van der Waals surface area (Å²) in [6.07, 6.45) is 8.94. The molecule has 2 rings (SSSR count). The number of nitrogen functional groups attached to an aromatic ring is 1. The molecule has 1 aliphatic rings. The van der Waals surface area contributed by atoms with Crippen LogP contribution < -0.4 is 11.1 Å². The summed E-state index contributed by atoms with van der Waals surface area (Å²) in [5, 5.41) is 14.2. The molecule has 0 aromatic heterocycles. The standard InChI is InChI=1S/C21H34Cl2N2O3/c22-18-13-16(14-19(23)21(18)24)20(26)15-25-9-4-1-2-5-10-27-12-8-17-7-3-6-11-28-17/h13-14,17,20,25-26H,1-12,15,24H2. The Labute approximate surface area is 178 Å². The summed E-state index contributed by atoms with van der Waals surface area (Å²) in [6.45, 7) is 3.88. The number of unbranched alkanes of at least 4 members (excludes halogenated alkanes) is 3. The van der Waals surface area contributed by atoms with Crippen molar-refractivity contribution in [1.82, 2.24) is 5.32 Å². The summed E-state index contributed by atoms with van der Waals surface area (Å²) in [5.41, 5.74) is 6.74. The predicted octanol–water partition coefficient (Wildman–Crippen LogP) is 4.73. The monoisotopic (exact) mass is 432 g/mol. The van der Waals surface area contributed by atoms with Crippen LogP contribution in [0.2, 0.25) is 10.0 Å². The van der Waals surface area contributed by atoms with Gasteiger partial charge in [0, 0.05) is 26.4 Å². The third-order valence-corrected chi connectivity index (χ3v) is 5.70. The second-order valence-electron chi connectivity index (χ2n) is 7.42. The number of ether oxygens (including phenoxy) is 2. The lowest BCUT2D eigenvalue weighted by Crippen LogP contribution is -2.22. The predicted molar refractivity (Wildman–Crippen MR) is 116 cm³/mol. The van der Waals surface area contributed by atoms with E-state index in [2.05, 4.69) is 5.32 Å². The van der Waals surface area contributed by atoms with E-state index >= 15 is 0 Å². The van der Waals surface area contributed by atoms with E-state index in [0.29, 0.717) is 33.9 Å². The summed E-state index contributed by atoms with van der Waals surface area (Å²) < 4.78 is 11.4. The van der Waals surface area contributed by atoms with Gasteiger partial charge in [0.2, 0.25) is 0 Å². The van der Waals surface area contributed by atoms with Crippen molar-refractivity contribution in [2.24, 2.45) is 0 Å². The maximum atomic E-state index is 10.2. The van der Waals surface area contributed by atoms with E-state index in [1.807, 2.05) is 0 Å².